The minimum absolute atomic E-state index is 0.179. The van der Waals surface area contributed by atoms with Gasteiger partial charge in [-0.05, 0) is 70.6 Å². The molecule has 6 N–H and O–H groups in total. The van der Waals surface area contributed by atoms with Crippen molar-refractivity contribution in [2.75, 3.05) is 13.2 Å². The van der Waals surface area contributed by atoms with Crippen LogP contribution in [-0.2, 0) is 14.3 Å². The summed E-state index contributed by atoms with van der Waals surface area (Å²) in [5.74, 6) is -0.179. The third kappa shape index (κ3) is 60.8. The first-order chi connectivity index (χ1) is 46.3. The Morgan fingerprint density at radius 1 is 0.372 bits per heavy atom. The van der Waals surface area contributed by atoms with Crippen LogP contribution in [0.25, 0.3) is 0 Å². The van der Waals surface area contributed by atoms with Crippen molar-refractivity contribution in [1.29, 1.82) is 0 Å². The van der Waals surface area contributed by atoms with E-state index < -0.39 is 49.5 Å². The number of aliphatic hydroxyl groups excluding tert-OH is 5. The molecule has 0 aromatic heterocycles. The van der Waals surface area contributed by atoms with E-state index in [0.717, 1.165) is 64.2 Å². The van der Waals surface area contributed by atoms with Crippen LogP contribution in [0.15, 0.2) is 72.9 Å². The standard InChI is InChI=1S/C85H157NO8/c1-3-5-7-9-11-13-15-17-19-21-23-25-27-29-31-33-35-36-37-38-39-40-41-42-43-44-45-47-49-51-53-55-57-59-61-63-65-67-69-71-73-75-81(89)86-78(77-93-85-84(92)83(91)82(90)80(76-87)94-85)79(88)74-72-70-68-66-64-62-60-58-56-54-52-50-48-46-34-32-30-28-26-24-22-20-18-16-14-12-10-8-6-4-2/h5,7,11,13,17,19,23,25,64,66,72,74,78-80,82-85,87-88,90-92H,3-4,6,8-10,12,14-16,18,20-22,24,26-63,65,67-71,73,75-77H2,1-2H3,(H,86,89)/b7-5-,13-11-,19-17-,25-23-,66-64+,74-72+. The Labute approximate surface area is 582 Å². The van der Waals surface area contributed by atoms with E-state index in [-0.39, 0.29) is 12.5 Å². The fraction of sp³-hybridized carbons (Fsp3) is 0.847. The first kappa shape index (κ1) is 89.6. The second-order valence-corrected chi connectivity index (χ2v) is 28.5. The summed E-state index contributed by atoms with van der Waals surface area (Å²) in [6.07, 6.45) is 97.9. The van der Waals surface area contributed by atoms with E-state index in [2.05, 4.69) is 79.9 Å². The summed E-state index contributed by atoms with van der Waals surface area (Å²) in [5.41, 5.74) is 0. The van der Waals surface area contributed by atoms with E-state index in [0.29, 0.717) is 6.42 Å². The van der Waals surface area contributed by atoms with Gasteiger partial charge in [-0.1, -0.05) is 401 Å². The molecule has 0 radical (unpaired) electrons. The van der Waals surface area contributed by atoms with Crippen LogP contribution in [0.1, 0.15) is 406 Å². The fourth-order valence-electron chi connectivity index (χ4n) is 13.2. The highest BCUT2D eigenvalue weighted by molar-refractivity contribution is 5.76. The molecule has 1 heterocycles. The van der Waals surface area contributed by atoms with Gasteiger partial charge in [0.25, 0.3) is 0 Å². The molecule has 1 fully saturated rings. The quantitative estimate of drug-likeness (QED) is 0.0261. The molecule has 94 heavy (non-hydrogen) atoms. The average Bonchev–Trinajstić information content (AvgIpc) is 0.831. The van der Waals surface area contributed by atoms with Crippen molar-refractivity contribution in [2.45, 2.75) is 448 Å². The van der Waals surface area contributed by atoms with Crippen LogP contribution >= 0.6 is 0 Å². The van der Waals surface area contributed by atoms with Crippen molar-refractivity contribution in [2.24, 2.45) is 0 Å². The van der Waals surface area contributed by atoms with Crippen molar-refractivity contribution >= 4 is 5.91 Å². The highest BCUT2D eigenvalue weighted by atomic mass is 16.7. The first-order valence-corrected chi connectivity index (χ1v) is 41.2. The summed E-state index contributed by atoms with van der Waals surface area (Å²) < 4.78 is 11.3. The molecule has 1 saturated heterocycles. The van der Waals surface area contributed by atoms with Gasteiger partial charge in [-0.3, -0.25) is 4.79 Å². The first-order valence-electron chi connectivity index (χ1n) is 41.2. The second-order valence-electron chi connectivity index (χ2n) is 28.5. The molecular formula is C85H157NO8. The third-order valence-corrected chi connectivity index (χ3v) is 19.5. The van der Waals surface area contributed by atoms with Crippen molar-refractivity contribution in [3.05, 3.63) is 72.9 Å². The van der Waals surface area contributed by atoms with Crippen LogP contribution in [0.5, 0.6) is 0 Å². The van der Waals surface area contributed by atoms with Crippen LogP contribution in [0, 0.1) is 0 Å². The lowest BCUT2D eigenvalue weighted by molar-refractivity contribution is -0.302. The number of allylic oxidation sites excluding steroid dienone is 11. The minimum Gasteiger partial charge on any atom is -0.394 e. The van der Waals surface area contributed by atoms with E-state index in [1.165, 1.54) is 321 Å². The zero-order chi connectivity index (χ0) is 67.8. The van der Waals surface area contributed by atoms with Crippen molar-refractivity contribution < 1.29 is 39.8 Å². The number of amides is 1. The summed E-state index contributed by atoms with van der Waals surface area (Å²) in [7, 11) is 0. The molecule has 9 nitrogen and oxygen atoms in total. The zero-order valence-corrected chi connectivity index (χ0v) is 62.0. The second kappa shape index (κ2) is 73.3. The maximum Gasteiger partial charge on any atom is 0.220 e. The Kier molecular flexibility index (Phi) is 69.9. The van der Waals surface area contributed by atoms with Crippen molar-refractivity contribution in [3.63, 3.8) is 0 Å². The number of unbranched alkanes of at least 4 members (excludes halogenated alkanes) is 53. The number of hydrogen-bond acceptors (Lipinski definition) is 8. The molecule has 0 aliphatic carbocycles. The number of ether oxygens (including phenoxy) is 2. The number of aliphatic hydroxyl groups is 5. The lowest BCUT2D eigenvalue weighted by Gasteiger charge is -2.40. The molecule has 1 aliphatic rings. The Morgan fingerprint density at radius 3 is 1.02 bits per heavy atom. The van der Waals surface area contributed by atoms with Gasteiger partial charge >= 0.3 is 0 Å². The molecule has 7 unspecified atom stereocenters. The minimum atomic E-state index is -1.57. The number of rotatable bonds is 73. The van der Waals surface area contributed by atoms with Crippen LogP contribution in [0.2, 0.25) is 0 Å². The summed E-state index contributed by atoms with van der Waals surface area (Å²) >= 11 is 0. The van der Waals surface area contributed by atoms with Gasteiger partial charge in [-0.15, -0.1) is 0 Å². The number of carbonyl (C=O) groups is 1. The van der Waals surface area contributed by atoms with E-state index >= 15 is 0 Å². The zero-order valence-electron chi connectivity index (χ0n) is 62.0. The van der Waals surface area contributed by atoms with E-state index in [9.17, 15) is 30.3 Å². The Morgan fingerprint density at radius 2 is 0.670 bits per heavy atom. The van der Waals surface area contributed by atoms with Crippen LogP contribution < -0.4 is 5.32 Å². The molecule has 0 bridgehead atoms. The molecule has 0 aromatic rings. The molecular weight excluding hydrogens is 1160 g/mol. The Hall–Kier alpha value is -2.37. The van der Waals surface area contributed by atoms with Gasteiger partial charge in [0, 0.05) is 6.42 Å². The summed E-state index contributed by atoms with van der Waals surface area (Å²) in [6, 6.07) is -0.824. The van der Waals surface area contributed by atoms with Gasteiger partial charge in [0.05, 0.1) is 25.4 Å². The summed E-state index contributed by atoms with van der Waals surface area (Å²) in [5, 5.41) is 54.9. The monoisotopic (exact) mass is 1320 g/mol. The summed E-state index contributed by atoms with van der Waals surface area (Å²) in [4.78, 5) is 13.2. The van der Waals surface area contributed by atoms with Gasteiger partial charge in [0.1, 0.15) is 24.4 Å². The van der Waals surface area contributed by atoms with E-state index in [1.807, 2.05) is 6.08 Å². The van der Waals surface area contributed by atoms with E-state index in [4.69, 9.17) is 9.47 Å². The Bertz CT molecular complexity index is 1730. The molecule has 0 aromatic carbocycles. The molecule has 1 amide bonds. The molecule has 9 heteroatoms. The van der Waals surface area contributed by atoms with Crippen molar-refractivity contribution in [1.82, 2.24) is 5.32 Å². The lowest BCUT2D eigenvalue weighted by atomic mass is 9.99. The number of nitrogens with one attached hydrogen (secondary N) is 1. The summed E-state index contributed by atoms with van der Waals surface area (Å²) in [6.45, 7) is 3.71. The highest BCUT2D eigenvalue weighted by Crippen LogP contribution is 2.24. The SMILES string of the molecule is CC/C=C\C/C=C\C/C=C\C/C=C\CCCCCCCCCCCCCCCCCCCCCCCCCCCCCCC(=O)NC(COC1OC(CO)C(O)C(O)C1O)C(O)/C=C/CC/C=C/CCCCCCCCCCCCCCCCCCCCCCCCCC. The van der Waals surface area contributed by atoms with Gasteiger partial charge < -0.3 is 40.3 Å². The Balaban J connectivity index is 2.05. The molecule has 0 spiro atoms. The van der Waals surface area contributed by atoms with Gasteiger partial charge in [0.15, 0.2) is 6.29 Å². The smallest absolute Gasteiger partial charge is 0.220 e. The molecule has 1 aliphatic heterocycles. The third-order valence-electron chi connectivity index (χ3n) is 19.5. The van der Waals surface area contributed by atoms with Gasteiger partial charge in [-0.2, -0.15) is 0 Å². The fourth-order valence-corrected chi connectivity index (χ4v) is 13.2. The normalized spacial score (nSPS) is 17.9. The van der Waals surface area contributed by atoms with Crippen LogP contribution in [0.3, 0.4) is 0 Å². The van der Waals surface area contributed by atoms with Crippen molar-refractivity contribution in [3.8, 4) is 0 Å². The predicted molar refractivity (Wildman–Crippen MR) is 405 cm³/mol. The highest BCUT2D eigenvalue weighted by Gasteiger charge is 2.44. The topological polar surface area (TPSA) is 149 Å². The predicted octanol–water partition coefficient (Wildman–Crippen LogP) is 23.8. The van der Waals surface area contributed by atoms with Crippen LogP contribution in [-0.4, -0.2) is 87.5 Å². The van der Waals surface area contributed by atoms with E-state index in [1.54, 1.807) is 6.08 Å². The molecule has 7 atom stereocenters. The van der Waals surface area contributed by atoms with Gasteiger partial charge in [0.2, 0.25) is 5.91 Å². The maximum atomic E-state index is 13.2. The van der Waals surface area contributed by atoms with Gasteiger partial charge in [-0.25, -0.2) is 0 Å². The maximum absolute atomic E-state index is 13.2. The largest absolute Gasteiger partial charge is 0.394 e. The van der Waals surface area contributed by atoms with Crippen LogP contribution in [0.4, 0.5) is 0 Å². The number of hydrogen-bond donors (Lipinski definition) is 6. The average molecular weight is 1320 g/mol. The molecule has 1 rings (SSSR count). The molecule has 0 saturated carbocycles. The lowest BCUT2D eigenvalue weighted by Crippen LogP contribution is -2.60. The number of carbonyl (C=O) groups excluding carboxylic acids is 1. The molecule has 550 valence electrons.